The third kappa shape index (κ3) is 5.89. The number of rotatable bonds is 6. The average Bonchev–Trinajstić information content (AvgIpc) is 3.57. The van der Waals surface area contributed by atoms with Gasteiger partial charge in [-0.15, -0.1) is 0 Å². The summed E-state index contributed by atoms with van der Waals surface area (Å²) in [6, 6.07) is 12.0. The lowest BCUT2D eigenvalue weighted by atomic mass is 9.93. The summed E-state index contributed by atoms with van der Waals surface area (Å²) in [4.78, 5) is 42.2. The SMILES string of the molecule is COC(=O)c1ccccc1NC(=O)N1CCC(n2ncc(C(=O)N3CC[C@@H](c4ccccc4C(F)(F)F)C3)c2C2CC2)CC1. The molecule has 12 heteroatoms. The minimum absolute atomic E-state index is 0.00328. The lowest BCUT2D eigenvalue weighted by molar-refractivity contribution is -0.138. The third-order valence-electron chi connectivity index (χ3n) is 8.88. The van der Waals surface area contributed by atoms with Crippen molar-refractivity contribution in [1.29, 1.82) is 0 Å². The van der Waals surface area contributed by atoms with Crippen molar-refractivity contribution >= 4 is 23.6 Å². The first kappa shape index (κ1) is 29.7. The van der Waals surface area contributed by atoms with Gasteiger partial charge in [0.1, 0.15) is 0 Å². The third-order valence-corrected chi connectivity index (χ3v) is 8.88. The highest BCUT2D eigenvalue weighted by molar-refractivity contribution is 6.00. The van der Waals surface area contributed by atoms with E-state index in [1.165, 1.54) is 19.2 Å². The lowest BCUT2D eigenvalue weighted by Gasteiger charge is -2.33. The Morgan fingerprint density at radius 1 is 0.864 bits per heavy atom. The molecule has 0 bridgehead atoms. The van der Waals surface area contributed by atoms with E-state index in [-0.39, 0.29) is 47.5 Å². The molecule has 3 amide bonds. The Bertz CT molecular complexity index is 1560. The molecule has 1 atom stereocenters. The Morgan fingerprint density at radius 3 is 2.25 bits per heavy atom. The van der Waals surface area contributed by atoms with Gasteiger partial charge in [-0.3, -0.25) is 9.48 Å². The quantitative estimate of drug-likeness (QED) is 0.343. The summed E-state index contributed by atoms with van der Waals surface area (Å²) in [7, 11) is 1.29. The van der Waals surface area contributed by atoms with Crippen molar-refractivity contribution in [3.63, 3.8) is 0 Å². The maximum atomic E-state index is 13.7. The van der Waals surface area contributed by atoms with Crippen LogP contribution in [0.25, 0.3) is 0 Å². The van der Waals surface area contributed by atoms with Crippen molar-refractivity contribution < 1.29 is 32.3 Å². The summed E-state index contributed by atoms with van der Waals surface area (Å²) < 4.78 is 47.7. The Balaban J connectivity index is 1.12. The zero-order valence-electron chi connectivity index (χ0n) is 24.3. The molecule has 0 unspecified atom stereocenters. The number of likely N-dealkylation sites (tertiary alicyclic amines) is 2. The van der Waals surface area contributed by atoms with Crippen molar-refractivity contribution in [2.24, 2.45) is 0 Å². The molecule has 44 heavy (non-hydrogen) atoms. The first-order valence-corrected chi connectivity index (χ1v) is 14.9. The Labute approximate surface area is 253 Å². The fourth-order valence-electron chi connectivity index (χ4n) is 6.46. The highest BCUT2D eigenvalue weighted by Crippen LogP contribution is 2.44. The van der Waals surface area contributed by atoms with Crippen LogP contribution in [0, 0.1) is 0 Å². The summed E-state index contributed by atoms with van der Waals surface area (Å²) >= 11 is 0. The Morgan fingerprint density at radius 2 is 1.55 bits per heavy atom. The molecule has 3 heterocycles. The topological polar surface area (TPSA) is 96.8 Å². The maximum absolute atomic E-state index is 13.7. The number of piperidine rings is 1. The first-order chi connectivity index (χ1) is 21.2. The summed E-state index contributed by atoms with van der Waals surface area (Å²) in [6.45, 7) is 1.55. The normalized spacial score (nSPS) is 19.2. The molecule has 2 saturated heterocycles. The van der Waals surface area contributed by atoms with Crippen molar-refractivity contribution in [1.82, 2.24) is 19.6 Å². The number of urea groups is 1. The Kier molecular flexibility index (Phi) is 8.08. The Hall–Kier alpha value is -4.35. The van der Waals surface area contributed by atoms with E-state index in [1.807, 2.05) is 4.68 Å². The van der Waals surface area contributed by atoms with Gasteiger partial charge in [0.25, 0.3) is 5.91 Å². The summed E-state index contributed by atoms with van der Waals surface area (Å²) in [5.74, 6) is -0.888. The number of ether oxygens (including phenoxy) is 1. The molecule has 0 radical (unpaired) electrons. The van der Waals surface area contributed by atoms with Crippen LogP contribution in [0.15, 0.2) is 54.7 Å². The minimum Gasteiger partial charge on any atom is -0.465 e. The molecule has 3 fully saturated rings. The number of alkyl halides is 3. The number of aromatic nitrogens is 2. The maximum Gasteiger partial charge on any atom is 0.416 e. The number of methoxy groups -OCH3 is 1. The molecule has 1 N–H and O–H groups in total. The predicted molar refractivity (Wildman–Crippen MR) is 156 cm³/mol. The largest absolute Gasteiger partial charge is 0.465 e. The highest BCUT2D eigenvalue weighted by atomic mass is 19.4. The molecule has 0 spiro atoms. The number of anilines is 1. The number of nitrogens with zero attached hydrogens (tertiary/aromatic N) is 4. The van der Waals surface area contributed by atoms with Crippen LogP contribution in [0.3, 0.4) is 0 Å². The number of halogens is 3. The number of para-hydroxylation sites is 1. The van der Waals surface area contributed by atoms with Crippen LogP contribution in [0.1, 0.15) is 87.5 Å². The van der Waals surface area contributed by atoms with Gasteiger partial charge in [-0.1, -0.05) is 30.3 Å². The van der Waals surface area contributed by atoms with E-state index in [0.29, 0.717) is 50.1 Å². The number of carbonyl (C=O) groups excluding carboxylic acids is 3. The van der Waals surface area contributed by atoms with Crippen molar-refractivity contribution in [2.75, 3.05) is 38.6 Å². The van der Waals surface area contributed by atoms with Crippen LogP contribution in [0.4, 0.5) is 23.7 Å². The molecule has 6 rings (SSSR count). The molecule has 3 aliphatic rings. The molecular weight excluding hydrogens is 575 g/mol. The van der Waals surface area contributed by atoms with E-state index >= 15 is 0 Å². The molecule has 1 saturated carbocycles. The van der Waals surface area contributed by atoms with E-state index in [2.05, 4.69) is 10.4 Å². The fraction of sp³-hybridized carbons (Fsp3) is 0.438. The predicted octanol–water partition coefficient (Wildman–Crippen LogP) is 6.06. The molecule has 232 valence electrons. The number of esters is 1. The van der Waals surface area contributed by atoms with Gasteiger partial charge in [0.15, 0.2) is 0 Å². The van der Waals surface area contributed by atoms with Gasteiger partial charge in [-0.25, -0.2) is 9.59 Å². The lowest BCUT2D eigenvalue weighted by Crippen LogP contribution is -2.42. The second kappa shape index (κ2) is 12.0. The van der Waals surface area contributed by atoms with Gasteiger partial charge in [0, 0.05) is 38.0 Å². The van der Waals surface area contributed by atoms with E-state index in [4.69, 9.17) is 4.74 Å². The number of benzene rings is 2. The van der Waals surface area contributed by atoms with Crippen LogP contribution in [0.2, 0.25) is 0 Å². The van der Waals surface area contributed by atoms with E-state index in [9.17, 15) is 27.6 Å². The number of hydrogen-bond donors (Lipinski definition) is 1. The van der Waals surface area contributed by atoms with Gasteiger partial charge >= 0.3 is 18.2 Å². The molecule has 2 aliphatic heterocycles. The molecular formula is C32H34F3N5O4. The van der Waals surface area contributed by atoms with Crippen LogP contribution < -0.4 is 5.32 Å². The average molecular weight is 610 g/mol. The monoisotopic (exact) mass is 609 g/mol. The smallest absolute Gasteiger partial charge is 0.416 e. The number of nitrogens with one attached hydrogen (secondary N) is 1. The summed E-state index contributed by atoms with van der Waals surface area (Å²) in [6.07, 6.45) is 0.815. The number of amides is 3. The number of hydrogen-bond acceptors (Lipinski definition) is 5. The highest BCUT2D eigenvalue weighted by Gasteiger charge is 2.40. The van der Waals surface area contributed by atoms with Gasteiger partial charge in [0.2, 0.25) is 0 Å². The van der Waals surface area contributed by atoms with Crippen molar-refractivity contribution in [2.45, 2.75) is 56.2 Å². The van der Waals surface area contributed by atoms with Crippen LogP contribution in [0.5, 0.6) is 0 Å². The molecule has 3 aromatic rings. The fourth-order valence-corrected chi connectivity index (χ4v) is 6.46. The van der Waals surface area contributed by atoms with Gasteiger partial charge in [-0.2, -0.15) is 18.3 Å². The van der Waals surface area contributed by atoms with Crippen LogP contribution >= 0.6 is 0 Å². The van der Waals surface area contributed by atoms with E-state index in [1.54, 1.807) is 46.3 Å². The van der Waals surface area contributed by atoms with E-state index < -0.39 is 17.7 Å². The van der Waals surface area contributed by atoms with Crippen molar-refractivity contribution in [3.05, 3.63) is 82.7 Å². The second-order valence-corrected chi connectivity index (χ2v) is 11.7. The second-order valence-electron chi connectivity index (χ2n) is 11.7. The van der Waals surface area contributed by atoms with Crippen LogP contribution in [-0.2, 0) is 10.9 Å². The molecule has 2 aromatic carbocycles. The summed E-state index contributed by atoms with van der Waals surface area (Å²) in [5.41, 5.74) is 1.66. The van der Waals surface area contributed by atoms with Gasteiger partial charge in [0.05, 0.1) is 47.4 Å². The van der Waals surface area contributed by atoms with Gasteiger partial charge < -0.3 is 19.9 Å². The van der Waals surface area contributed by atoms with Crippen LogP contribution in [-0.4, -0.2) is 70.8 Å². The summed E-state index contributed by atoms with van der Waals surface area (Å²) in [5, 5.41) is 7.46. The molecule has 9 nitrogen and oxygen atoms in total. The zero-order valence-corrected chi connectivity index (χ0v) is 24.3. The standard InChI is InChI=1S/C32H34F3N5O4/c1-44-30(42)24-7-3-5-9-27(24)37-31(43)38-16-13-22(14-17-38)40-28(20-10-11-20)25(18-36-40)29(41)39-15-12-21(19-39)23-6-2-4-8-26(23)32(33,34)35/h2-9,18,20-22H,10-17,19H2,1H3,(H,37,43)/t21-/m1/s1. The molecule has 1 aromatic heterocycles. The minimum atomic E-state index is -4.45. The van der Waals surface area contributed by atoms with Crippen molar-refractivity contribution in [3.8, 4) is 0 Å². The first-order valence-electron chi connectivity index (χ1n) is 14.9. The zero-order chi connectivity index (χ0) is 31.0. The molecule has 1 aliphatic carbocycles. The van der Waals surface area contributed by atoms with E-state index in [0.717, 1.165) is 24.6 Å². The van der Waals surface area contributed by atoms with Gasteiger partial charge in [-0.05, 0) is 55.9 Å². The number of carbonyl (C=O) groups is 3.